The molecule has 6 aromatic rings. The topological polar surface area (TPSA) is 81.6 Å². The van der Waals surface area contributed by atoms with Gasteiger partial charge in [-0.05, 0) is 96.4 Å². The summed E-state index contributed by atoms with van der Waals surface area (Å²) in [6, 6.07) is 31.4. The molecule has 0 aliphatic heterocycles. The second kappa shape index (κ2) is 13.9. The third-order valence-electron chi connectivity index (χ3n) is 7.87. The Balaban J connectivity index is 0.929. The Labute approximate surface area is 262 Å². The number of fused-ring (bicyclic) bond motifs is 2. The number of hydrogen-bond donors (Lipinski definition) is 0. The molecular weight excluding hydrogens is 562 g/mol. The van der Waals surface area contributed by atoms with Gasteiger partial charge in [0.25, 0.3) is 0 Å². The molecule has 0 bridgehead atoms. The zero-order chi connectivity index (χ0) is 31.0. The lowest BCUT2D eigenvalue weighted by Crippen LogP contribution is -2.26. The van der Waals surface area contributed by atoms with Crippen molar-refractivity contribution in [2.75, 3.05) is 33.4 Å². The molecule has 0 saturated carbocycles. The summed E-state index contributed by atoms with van der Waals surface area (Å²) in [6.07, 6.45) is 5.94. The van der Waals surface area contributed by atoms with Crippen molar-refractivity contribution in [2.45, 2.75) is 6.42 Å². The van der Waals surface area contributed by atoms with Gasteiger partial charge in [-0.25, -0.2) is 0 Å². The smallest absolute Gasteiger partial charge is 0.150 e. The number of pyridine rings is 2. The molecule has 0 aliphatic carbocycles. The average molecular weight is 596 g/mol. The van der Waals surface area contributed by atoms with Crippen molar-refractivity contribution >= 4 is 34.4 Å². The number of nitrogens with zero attached hydrogens (tertiary/aromatic N) is 3. The lowest BCUT2D eigenvalue weighted by atomic mass is 10.0. The van der Waals surface area contributed by atoms with E-state index < -0.39 is 0 Å². The summed E-state index contributed by atoms with van der Waals surface area (Å²) >= 11 is 0. The van der Waals surface area contributed by atoms with Crippen LogP contribution in [0.15, 0.2) is 109 Å². The Morgan fingerprint density at radius 1 is 0.578 bits per heavy atom. The number of hydrogen-bond acceptors (Lipinski definition) is 7. The SMILES string of the molecule is CN(CCCOc1ccc(-c2ccc3nccc(C=O)c3c2)cc1)CCOc1ccc(-c2ccc3nccc(C=O)c3c2)cc1. The number of aromatic nitrogens is 2. The summed E-state index contributed by atoms with van der Waals surface area (Å²) in [4.78, 5) is 33.8. The van der Waals surface area contributed by atoms with Crippen LogP contribution in [0.5, 0.6) is 11.5 Å². The Morgan fingerprint density at radius 3 is 1.53 bits per heavy atom. The zero-order valence-electron chi connectivity index (χ0n) is 25.1. The number of aldehydes is 2. The van der Waals surface area contributed by atoms with E-state index in [1.165, 1.54) is 0 Å². The van der Waals surface area contributed by atoms with E-state index in [4.69, 9.17) is 9.47 Å². The number of benzene rings is 4. The quantitative estimate of drug-likeness (QED) is 0.101. The first-order valence-electron chi connectivity index (χ1n) is 14.9. The molecule has 6 rings (SSSR count). The van der Waals surface area contributed by atoms with Gasteiger partial charge in [0.15, 0.2) is 12.6 Å². The van der Waals surface area contributed by atoms with Gasteiger partial charge >= 0.3 is 0 Å². The Kier molecular flexibility index (Phi) is 9.18. The van der Waals surface area contributed by atoms with E-state index >= 15 is 0 Å². The molecule has 0 atom stereocenters. The molecule has 0 N–H and O–H groups in total. The molecule has 0 saturated heterocycles. The van der Waals surface area contributed by atoms with Gasteiger partial charge in [0.05, 0.1) is 17.6 Å². The fraction of sp³-hybridized carbons (Fsp3) is 0.158. The van der Waals surface area contributed by atoms with Crippen molar-refractivity contribution in [2.24, 2.45) is 0 Å². The molecule has 0 amide bonds. The van der Waals surface area contributed by atoms with Crippen LogP contribution in [0.2, 0.25) is 0 Å². The second-order valence-corrected chi connectivity index (χ2v) is 10.9. The normalized spacial score (nSPS) is 11.2. The summed E-state index contributed by atoms with van der Waals surface area (Å²) in [7, 11) is 2.08. The van der Waals surface area contributed by atoms with Crippen molar-refractivity contribution in [3.05, 3.63) is 121 Å². The molecule has 0 spiro atoms. The number of carbonyl (C=O) groups is 2. The Hall–Kier alpha value is -5.40. The van der Waals surface area contributed by atoms with Gasteiger partial charge in [-0.1, -0.05) is 36.4 Å². The predicted octanol–water partition coefficient (Wildman–Crippen LogP) is 7.52. The van der Waals surface area contributed by atoms with E-state index in [0.717, 1.165) is 87.6 Å². The van der Waals surface area contributed by atoms with Crippen LogP contribution >= 0.6 is 0 Å². The minimum Gasteiger partial charge on any atom is -0.494 e. The minimum absolute atomic E-state index is 0.585. The van der Waals surface area contributed by atoms with E-state index in [-0.39, 0.29) is 0 Å². The highest BCUT2D eigenvalue weighted by Crippen LogP contribution is 2.28. The van der Waals surface area contributed by atoms with Crippen molar-refractivity contribution in [1.29, 1.82) is 0 Å². The lowest BCUT2D eigenvalue weighted by Gasteiger charge is -2.17. The number of likely N-dealkylation sites (N-methyl/N-ethyl adjacent to an activating group) is 1. The molecule has 0 aliphatic rings. The van der Waals surface area contributed by atoms with Crippen molar-refractivity contribution in [3.8, 4) is 33.8 Å². The minimum atomic E-state index is 0.585. The molecule has 7 nitrogen and oxygen atoms in total. The average Bonchev–Trinajstić information content (AvgIpc) is 3.09. The maximum absolute atomic E-state index is 11.4. The highest BCUT2D eigenvalue weighted by molar-refractivity contribution is 5.99. The summed E-state index contributed by atoms with van der Waals surface area (Å²) in [5, 5.41) is 1.70. The third kappa shape index (κ3) is 7.06. The highest BCUT2D eigenvalue weighted by atomic mass is 16.5. The molecular formula is C38H33N3O4. The summed E-state index contributed by atoms with van der Waals surface area (Å²) < 4.78 is 12.0. The maximum atomic E-state index is 11.4. The molecule has 45 heavy (non-hydrogen) atoms. The van der Waals surface area contributed by atoms with E-state index in [2.05, 4.69) is 21.9 Å². The molecule has 0 unspecified atom stereocenters. The van der Waals surface area contributed by atoms with E-state index in [0.29, 0.717) is 24.3 Å². The van der Waals surface area contributed by atoms with E-state index in [9.17, 15) is 9.59 Å². The van der Waals surface area contributed by atoms with Crippen molar-refractivity contribution in [3.63, 3.8) is 0 Å². The van der Waals surface area contributed by atoms with Crippen LogP contribution in [0, 0.1) is 0 Å². The lowest BCUT2D eigenvalue weighted by molar-refractivity contribution is 0.111. The van der Waals surface area contributed by atoms with Crippen molar-refractivity contribution in [1.82, 2.24) is 14.9 Å². The van der Waals surface area contributed by atoms with Crippen LogP contribution in [0.25, 0.3) is 44.1 Å². The molecule has 224 valence electrons. The van der Waals surface area contributed by atoms with Crippen LogP contribution in [-0.4, -0.2) is 60.8 Å². The summed E-state index contributed by atoms with van der Waals surface area (Å²) in [5.41, 5.74) is 7.05. The van der Waals surface area contributed by atoms with Gasteiger partial charge in [0.2, 0.25) is 0 Å². The van der Waals surface area contributed by atoms with Gasteiger partial charge in [0, 0.05) is 47.4 Å². The van der Waals surface area contributed by atoms with E-state index in [1.54, 1.807) is 24.5 Å². The fourth-order valence-corrected chi connectivity index (χ4v) is 5.34. The molecule has 7 heteroatoms. The van der Waals surface area contributed by atoms with Gasteiger partial charge in [0.1, 0.15) is 18.1 Å². The van der Waals surface area contributed by atoms with Gasteiger partial charge in [-0.15, -0.1) is 0 Å². The number of carbonyl (C=O) groups excluding carboxylic acids is 2. The largest absolute Gasteiger partial charge is 0.494 e. The van der Waals surface area contributed by atoms with Gasteiger partial charge in [-0.3, -0.25) is 19.6 Å². The highest BCUT2D eigenvalue weighted by Gasteiger charge is 2.07. The molecule has 0 radical (unpaired) electrons. The van der Waals surface area contributed by atoms with Crippen LogP contribution < -0.4 is 9.47 Å². The van der Waals surface area contributed by atoms with E-state index in [1.807, 2.05) is 84.9 Å². The van der Waals surface area contributed by atoms with Crippen molar-refractivity contribution < 1.29 is 19.1 Å². The fourth-order valence-electron chi connectivity index (χ4n) is 5.34. The predicted molar refractivity (Wildman–Crippen MR) is 178 cm³/mol. The van der Waals surface area contributed by atoms with Crippen LogP contribution in [0.1, 0.15) is 27.1 Å². The summed E-state index contributed by atoms with van der Waals surface area (Å²) in [5.74, 6) is 1.65. The molecule has 2 aromatic heterocycles. The first-order valence-corrected chi connectivity index (χ1v) is 14.9. The monoisotopic (exact) mass is 595 g/mol. The standard InChI is InChI=1S/C38H33N3O4/c1-41(20-22-45-34-11-5-28(6-12-34)30-8-14-38-36(24-30)32(26-43)16-18-40-38)19-2-21-44-33-9-3-27(4-10-33)29-7-13-37-35(23-29)31(25-42)15-17-39-37/h3-18,23-26H,2,19-22H2,1H3. The van der Waals surface area contributed by atoms with Crippen LogP contribution in [-0.2, 0) is 0 Å². The van der Waals surface area contributed by atoms with Crippen LogP contribution in [0.4, 0.5) is 0 Å². The second-order valence-electron chi connectivity index (χ2n) is 10.9. The first kappa shape index (κ1) is 29.7. The molecule has 0 fully saturated rings. The van der Waals surface area contributed by atoms with Crippen LogP contribution in [0.3, 0.4) is 0 Å². The maximum Gasteiger partial charge on any atom is 0.150 e. The Bertz CT molecular complexity index is 1940. The van der Waals surface area contributed by atoms with Gasteiger partial charge in [-0.2, -0.15) is 0 Å². The molecule has 4 aromatic carbocycles. The third-order valence-corrected chi connectivity index (χ3v) is 7.87. The van der Waals surface area contributed by atoms with Gasteiger partial charge < -0.3 is 14.4 Å². The zero-order valence-corrected chi connectivity index (χ0v) is 25.1. The molecule has 2 heterocycles. The number of rotatable bonds is 13. The summed E-state index contributed by atoms with van der Waals surface area (Å²) in [6.45, 7) is 2.90. The number of ether oxygens (including phenoxy) is 2. The first-order chi connectivity index (χ1) is 22.1. The Morgan fingerprint density at radius 2 is 1.04 bits per heavy atom.